The van der Waals surface area contributed by atoms with Crippen molar-refractivity contribution < 1.29 is 19.4 Å². The van der Waals surface area contributed by atoms with Crippen molar-refractivity contribution in [3.63, 3.8) is 0 Å². The summed E-state index contributed by atoms with van der Waals surface area (Å²) < 4.78 is 4.62. The summed E-state index contributed by atoms with van der Waals surface area (Å²) >= 11 is 0. The summed E-state index contributed by atoms with van der Waals surface area (Å²) in [5.41, 5.74) is 0.174. The van der Waals surface area contributed by atoms with Crippen molar-refractivity contribution in [3.05, 3.63) is 12.3 Å². The molecular formula is C14H18O4. The summed E-state index contributed by atoms with van der Waals surface area (Å²) in [4.78, 5) is 21.2. The van der Waals surface area contributed by atoms with E-state index in [4.69, 9.17) is 5.11 Å². The van der Waals surface area contributed by atoms with Gasteiger partial charge in [0.1, 0.15) is 0 Å². The highest BCUT2D eigenvalue weighted by Gasteiger charge is 2.49. The summed E-state index contributed by atoms with van der Waals surface area (Å²) in [6.07, 6.45) is 10.9. The van der Waals surface area contributed by atoms with Crippen LogP contribution >= 0.6 is 0 Å². The first-order valence-corrected chi connectivity index (χ1v) is 6.68. The van der Waals surface area contributed by atoms with Gasteiger partial charge in [0, 0.05) is 0 Å². The molecule has 0 aromatic rings. The van der Waals surface area contributed by atoms with Crippen LogP contribution in [0.15, 0.2) is 12.3 Å². The maximum Gasteiger partial charge on any atom is 0.422 e. The van der Waals surface area contributed by atoms with Gasteiger partial charge in [-0.05, 0) is 67.8 Å². The molecule has 0 spiro atoms. The number of hydrogen-bond acceptors (Lipinski definition) is 3. The Bertz CT molecular complexity index is 375. The Labute approximate surface area is 106 Å². The third-order valence-corrected chi connectivity index (χ3v) is 4.86. The molecule has 4 nitrogen and oxygen atoms in total. The number of ether oxygens (including phenoxy) is 1. The van der Waals surface area contributed by atoms with E-state index in [1.807, 2.05) is 6.08 Å². The zero-order valence-corrected chi connectivity index (χ0v) is 10.3. The van der Waals surface area contributed by atoms with E-state index in [1.165, 1.54) is 44.8 Å². The first kappa shape index (κ1) is 11.8. The summed E-state index contributed by atoms with van der Waals surface area (Å²) in [5.74, 6) is -0.246. The van der Waals surface area contributed by atoms with Crippen LogP contribution in [0.3, 0.4) is 0 Å². The molecule has 4 saturated carbocycles. The van der Waals surface area contributed by atoms with Gasteiger partial charge in [-0.2, -0.15) is 0 Å². The Hall–Kier alpha value is -1.32. The molecule has 0 unspecified atom stereocenters. The third-order valence-electron chi connectivity index (χ3n) is 4.86. The average Bonchev–Trinajstić information content (AvgIpc) is 2.26. The van der Waals surface area contributed by atoms with Crippen molar-refractivity contribution in [1.29, 1.82) is 0 Å². The summed E-state index contributed by atoms with van der Waals surface area (Å²) in [6.45, 7) is 0. The molecule has 4 heteroatoms. The Kier molecular flexibility index (Phi) is 2.68. The largest absolute Gasteiger partial charge is 0.473 e. The second-order valence-corrected chi connectivity index (χ2v) is 6.29. The molecule has 1 N–H and O–H groups in total. The summed E-state index contributed by atoms with van der Waals surface area (Å²) in [7, 11) is 0. The molecule has 0 aromatic heterocycles. The zero-order valence-electron chi connectivity index (χ0n) is 10.3. The lowest BCUT2D eigenvalue weighted by Gasteiger charge is -2.55. The third kappa shape index (κ3) is 2.04. The molecular weight excluding hydrogens is 232 g/mol. The van der Waals surface area contributed by atoms with Gasteiger partial charge in [-0.15, -0.1) is 0 Å². The second-order valence-electron chi connectivity index (χ2n) is 6.29. The van der Waals surface area contributed by atoms with Crippen LogP contribution in [0.1, 0.15) is 38.5 Å². The maximum absolute atomic E-state index is 10.9. The van der Waals surface area contributed by atoms with Gasteiger partial charge in [0.2, 0.25) is 0 Å². The first-order valence-electron chi connectivity index (χ1n) is 6.68. The molecule has 0 amide bonds. The first-order chi connectivity index (χ1) is 8.56. The lowest BCUT2D eigenvalue weighted by atomic mass is 9.50. The highest BCUT2D eigenvalue weighted by molar-refractivity contribution is 6.28. The van der Waals surface area contributed by atoms with E-state index in [1.54, 1.807) is 0 Å². The van der Waals surface area contributed by atoms with E-state index < -0.39 is 11.9 Å². The van der Waals surface area contributed by atoms with Crippen molar-refractivity contribution in [3.8, 4) is 0 Å². The van der Waals surface area contributed by atoms with Crippen LogP contribution < -0.4 is 0 Å². The highest BCUT2D eigenvalue weighted by Crippen LogP contribution is 2.60. The van der Waals surface area contributed by atoms with E-state index >= 15 is 0 Å². The van der Waals surface area contributed by atoms with Gasteiger partial charge in [-0.25, -0.2) is 9.59 Å². The number of rotatable bonds is 2. The van der Waals surface area contributed by atoms with Crippen molar-refractivity contribution in [2.24, 2.45) is 23.2 Å². The molecule has 4 aliphatic rings. The van der Waals surface area contributed by atoms with Gasteiger partial charge >= 0.3 is 11.9 Å². The highest BCUT2D eigenvalue weighted by atomic mass is 16.6. The normalized spacial score (nSPS) is 41.2. The molecule has 0 heterocycles. The molecule has 0 radical (unpaired) electrons. The predicted octanol–water partition coefficient (Wildman–Crippen LogP) is 2.34. The maximum atomic E-state index is 10.9. The average molecular weight is 250 g/mol. The van der Waals surface area contributed by atoms with Crippen molar-refractivity contribution in [2.75, 3.05) is 0 Å². The number of carbonyl (C=O) groups is 2. The second kappa shape index (κ2) is 4.11. The van der Waals surface area contributed by atoms with Crippen LogP contribution in [0.4, 0.5) is 0 Å². The molecule has 18 heavy (non-hydrogen) atoms. The Balaban J connectivity index is 1.67. The molecule has 0 aliphatic heterocycles. The van der Waals surface area contributed by atoms with Crippen LogP contribution in [-0.4, -0.2) is 17.0 Å². The van der Waals surface area contributed by atoms with Crippen molar-refractivity contribution in [2.45, 2.75) is 38.5 Å². The zero-order chi connectivity index (χ0) is 12.8. The number of carbonyl (C=O) groups excluding carboxylic acids is 1. The smallest absolute Gasteiger partial charge is 0.422 e. The lowest BCUT2D eigenvalue weighted by Crippen LogP contribution is -2.45. The molecule has 4 bridgehead atoms. The molecule has 4 fully saturated rings. The topological polar surface area (TPSA) is 63.6 Å². The van der Waals surface area contributed by atoms with Crippen molar-refractivity contribution in [1.82, 2.24) is 0 Å². The minimum Gasteiger partial charge on any atom is -0.473 e. The number of allylic oxidation sites excluding steroid dienone is 1. The van der Waals surface area contributed by atoms with Crippen molar-refractivity contribution >= 4 is 11.9 Å². The number of hydrogen-bond donors (Lipinski definition) is 1. The fourth-order valence-corrected chi connectivity index (χ4v) is 4.67. The fraction of sp³-hybridized carbons (Fsp3) is 0.714. The molecule has 0 atom stereocenters. The van der Waals surface area contributed by atoms with Crippen LogP contribution in [0.25, 0.3) is 0 Å². The van der Waals surface area contributed by atoms with Gasteiger partial charge in [0.05, 0.1) is 6.26 Å². The van der Waals surface area contributed by atoms with Gasteiger partial charge in [0.25, 0.3) is 0 Å². The number of carboxylic acids is 1. The van der Waals surface area contributed by atoms with E-state index in [9.17, 15) is 9.59 Å². The Morgan fingerprint density at radius 3 is 2.00 bits per heavy atom. The molecule has 4 aliphatic carbocycles. The minimum absolute atomic E-state index is 0.174. The molecule has 0 aromatic carbocycles. The van der Waals surface area contributed by atoms with Crippen LogP contribution in [0, 0.1) is 23.2 Å². The SMILES string of the molecule is O=C(O)C(=O)OC=CC12CC3CC(CC(C3)C1)C2. The van der Waals surface area contributed by atoms with E-state index in [0.29, 0.717) is 0 Å². The predicted molar refractivity (Wildman–Crippen MR) is 63.5 cm³/mol. The van der Waals surface area contributed by atoms with Gasteiger partial charge in [-0.1, -0.05) is 0 Å². The molecule has 4 rings (SSSR count). The molecule has 98 valence electrons. The number of aliphatic carboxylic acids is 1. The fourth-order valence-electron chi connectivity index (χ4n) is 4.67. The Morgan fingerprint density at radius 2 is 1.56 bits per heavy atom. The standard InChI is InChI=1S/C14H18O4/c15-12(16)13(17)18-2-1-14-6-9-3-10(7-14)5-11(4-9)8-14/h1-2,9-11H,3-8H2,(H,15,16). The van der Waals surface area contributed by atoms with Gasteiger partial charge in [0.15, 0.2) is 0 Å². The molecule has 0 saturated heterocycles. The van der Waals surface area contributed by atoms with Gasteiger partial charge < -0.3 is 9.84 Å². The quantitative estimate of drug-likeness (QED) is 0.464. The lowest BCUT2D eigenvalue weighted by molar-refractivity contribution is -0.160. The number of esters is 1. The van der Waals surface area contributed by atoms with Gasteiger partial charge in [-0.3, -0.25) is 0 Å². The van der Waals surface area contributed by atoms with E-state index in [2.05, 4.69) is 4.74 Å². The van der Waals surface area contributed by atoms with E-state index in [-0.39, 0.29) is 5.41 Å². The van der Waals surface area contributed by atoms with Crippen LogP contribution in [0.2, 0.25) is 0 Å². The monoisotopic (exact) mass is 250 g/mol. The minimum atomic E-state index is -1.54. The van der Waals surface area contributed by atoms with Crippen LogP contribution in [-0.2, 0) is 14.3 Å². The summed E-state index contributed by atoms with van der Waals surface area (Å²) in [6, 6.07) is 0. The summed E-state index contributed by atoms with van der Waals surface area (Å²) in [5, 5.41) is 8.43. The van der Waals surface area contributed by atoms with Crippen LogP contribution in [0.5, 0.6) is 0 Å². The number of carboxylic acid groups (broad SMARTS) is 1. The Morgan fingerprint density at radius 1 is 1.06 bits per heavy atom. The van der Waals surface area contributed by atoms with E-state index in [0.717, 1.165) is 17.8 Å².